The molecule has 0 unspecified atom stereocenters. The number of hydrogen-bond donors (Lipinski definition) is 2. The highest BCUT2D eigenvalue weighted by molar-refractivity contribution is 6.99. The fourth-order valence-corrected chi connectivity index (χ4v) is 1.65. The van der Waals surface area contributed by atoms with Gasteiger partial charge in [0.15, 0.2) is 5.69 Å². The molecule has 7 nitrogen and oxygen atoms in total. The Labute approximate surface area is 106 Å². The van der Waals surface area contributed by atoms with Gasteiger partial charge in [0, 0.05) is 6.20 Å². The highest BCUT2D eigenvalue weighted by atomic mass is 32.1. The van der Waals surface area contributed by atoms with E-state index >= 15 is 0 Å². The number of aromatic nitrogens is 3. The Balaban J connectivity index is 2.00. The molecule has 2 heterocycles. The first-order valence-corrected chi connectivity index (χ1v) is 5.64. The Hall–Kier alpha value is -2.35. The molecule has 0 saturated carbocycles. The molecule has 0 spiro atoms. The van der Waals surface area contributed by atoms with E-state index in [1.54, 1.807) is 0 Å². The maximum Gasteiger partial charge on any atom is 0.335 e. The Bertz CT molecular complexity index is 570. The lowest BCUT2D eigenvalue weighted by atomic mass is 10.2. The lowest BCUT2D eigenvalue weighted by molar-refractivity contribution is 0.0696. The van der Waals surface area contributed by atoms with Crippen LogP contribution in [0.15, 0.2) is 24.5 Å². The van der Waals surface area contributed by atoms with E-state index in [0.29, 0.717) is 5.69 Å². The van der Waals surface area contributed by atoms with Crippen LogP contribution in [-0.4, -0.2) is 30.7 Å². The van der Waals surface area contributed by atoms with E-state index in [0.717, 1.165) is 11.7 Å². The van der Waals surface area contributed by atoms with Crippen molar-refractivity contribution in [3.8, 4) is 0 Å². The Morgan fingerprint density at radius 2 is 2.28 bits per heavy atom. The molecule has 0 atom stereocenters. The first-order chi connectivity index (χ1) is 8.66. The van der Waals surface area contributed by atoms with Crippen LogP contribution < -0.4 is 5.32 Å². The maximum absolute atomic E-state index is 11.5. The summed E-state index contributed by atoms with van der Waals surface area (Å²) in [6.07, 6.45) is 2.75. The van der Waals surface area contributed by atoms with Crippen molar-refractivity contribution in [3.63, 3.8) is 0 Å². The van der Waals surface area contributed by atoms with E-state index in [9.17, 15) is 9.59 Å². The standard InChI is InChI=1S/C10H8N4O3S/c15-9(8-5-13-18-14-8)12-4-7-3-6(10(16)17)1-2-11-7/h1-3,5H,4H2,(H,12,15)(H,16,17). The Morgan fingerprint density at radius 3 is 2.94 bits per heavy atom. The predicted octanol–water partition coefficient (Wildman–Crippen LogP) is 0.561. The number of amides is 1. The third-order valence-electron chi connectivity index (χ3n) is 2.09. The van der Waals surface area contributed by atoms with E-state index < -0.39 is 5.97 Å². The number of rotatable bonds is 4. The van der Waals surface area contributed by atoms with E-state index in [4.69, 9.17) is 5.11 Å². The second-order valence-electron chi connectivity index (χ2n) is 3.32. The Morgan fingerprint density at radius 1 is 1.44 bits per heavy atom. The zero-order valence-corrected chi connectivity index (χ0v) is 9.85. The van der Waals surface area contributed by atoms with Gasteiger partial charge in [-0.2, -0.15) is 8.75 Å². The Kier molecular flexibility index (Phi) is 3.58. The second-order valence-corrected chi connectivity index (χ2v) is 3.87. The van der Waals surface area contributed by atoms with Crippen molar-refractivity contribution in [3.05, 3.63) is 41.5 Å². The number of hydrogen-bond acceptors (Lipinski definition) is 6. The smallest absolute Gasteiger partial charge is 0.335 e. The van der Waals surface area contributed by atoms with Crippen LogP contribution in [0.2, 0.25) is 0 Å². The van der Waals surface area contributed by atoms with Crippen LogP contribution in [0.4, 0.5) is 0 Å². The summed E-state index contributed by atoms with van der Waals surface area (Å²) in [6.45, 7) is 0.136. The molecule has 2 rings (SSSR count). The minimum atomic E-state index is -1.03. The van der Waals surface area contributed by atoms with Gasteiger partial charge >= 0.3 is 5.97 Å². The SMILES string of the molecule is O=C(O)c1ccnc(CNC(=O)c2cnsn2)c1. The summed E-state index contributed by atoms with van der Waals surface area (Å²) in [7, 11) is 0. The van der Waals surface area contributed by atoms with Crippen molar-refractivity contribution in [2.24, 2.45) is 0 Å². The summed E-state index contributed by atoms with van der Waals surface area (Å²) in [5.74, 6) is -1.40. The molecule has 2 N–H and O–H groups in total. The van der Waals surface area contributed by atoms with E-state index in [1.807, 2.05) is 0 Å². The quantitative estimate of drug-likeness (QED) is 0.836. The number of nitrogens with one attached hydrogen (secondary N) is 1. The molecule has 8 heteroatoms. The fraction of sp³-hybridized carbons (Fsp3) is 0.100. The first kappa shape index (κ1) is 12.1. The molecule has 0 radical (unpaired) electrons. The summed E-state index contributed by atoms with van der Waals surface area (Å²) < 4.78 is 7.49. The normalized spacial score (nSPS) is 10.0. The van der Waals surface area contributed by atoms with Gasteiger partial charge in [0.25, 0.3) is 5.91 Å². The zero-order chi connectivity index (χ0) is 13.0. The number of pyridine rings is 1. The van der Waals surface area contributed by atoms with E-state index in [2.05, 4.69) is 19.0 Å². The summed E-state index contributed by atoms with van der Waals surface area (Å²) >= 11 is 0.942. The van der Waals surface area contributed by atoms with Gasteiger partial charge in [0.1, 0.15) is 0 Å². The van der Waals surface area contributed by atoms with Crippen LogP contribution in [0.1, 0.15) is 26.5 Å². The molecule has 18 heavy (non-hydrogen) atoms. The second kappa shape index (κ2) is 5.32. The molecule has 0 fully saturated rings. The van der Waals surface area contributed by atoms with Gasteiger partial charge in [-0.1, -0.05) is 0 Å². The van der Waals surface area contributed by atoms with Crippen LogP contribution in [-0.2, 0) is 6.54 Å². The highest BCUT2D eigenvalue weighted by Crippen LogP contribution is 2.02. The average molecular weight is 264 g/mol. The number of carbonyl (C=O) groups excluding carboxylic acids is 1. The highest BCUT2D eigenvalue weighted by Gasteiger charge is 2.09. The predicted molar refractivity (Wildman–Crippen MR) is 62.3 cm³/mol. The van der Waals surface area contributed by atoms with Crippen molar-refractivity contribution in [1.29, 1.82) is 0 Å². The lowest BCUT2D eigenvalue weighted by Gasteiger charge is -2.03. The summed E-state index contributed by atoms with van der Waals surface area (Å²) in [5, 5.41) is 11.4. The number of aromatic carboxylic acids is 1. The largest absolute Gasteiger partial charge is 0.478 e. The number of nitrogens with zero attached hydrogens (tertiary/aromatic N) is 3. The van der Waals surface area contributed by atoms with Crippen molar-refractivity contribution >= 4 is 23.6 Å². The van der Waals surface area contributed by atoms with Gasteiger partial charge in [0.2, 0.25) is 0 Å². The van der Waals surface area contributed by atoms with Gasteiger partial charge < -0.3 is 10.4 Å². The average Bonchev–Trinajstić information content (AvgIpc) is 2.90. The minimum Gasteiger partial charge on any atom is -0.478 e. The van der Waals surface area contributed by atoms with Crippen LogP contribution in [0.3, 0.4) is 0 Å². The molecule has 0 saturated heterocycles. The third-order valence-corrected chi connectivity index (χ3v) is 2.57. The van der Waals surface area contributed by atoms with Crippen molar-refractivity contribution < 1.29 is 14.7 Å². The molecule has 0 aromatic carbocycles. The maximum atomic E-state index is 11.5. The molecule has 92 valence electrons. The number of carboxylic acid groups (broad SMARTS) is 1. The van der Waals surface area contributed by atoms with Crippen molar-refractivity contribution in [2.45, 2.75) is 6.54 Å². The molecule has 0 aliphatic carbocycles. The number of carboxylic acids is 1. The molecule has 2 aromatic rings. The monoisotopic (exact) mass is 264 g/mol. The van der Waals surface area contributed by atoms with Gasteiger partial charge in [-0.3, -0.25) is 9.78 Å². The first-order valence-electron chi connectivity index (χ1n) is 4.91. The molecular formula is C10H8N4O3S. The summed E-state index contributed by atoms with van der Waals surface area (Å²) in [5.41, 5.74) is 0.824. The zero-order valence-electron chi connectivity index (χ0n) is 9.03. The molecule has 0 aliphatic heterocycles. The third kappa shape index (κ3) is 2.86. The van der Waals surface area contributed by atoms with Gasteiger partial charge in [-0.05, 0) is 12.1 Å². The van der Waals surface area contributed by atoms with Crippen molar-refractivity contribution in [1.82, 2.24) is 19.0 Å². The van der Waals surface area contributed by atoms with E-state index in [-0.39, 0.29) is 23.7 Å². The number of carbonyl (C=O) groups is 2. The van der Waals surface area contributed by atoms with Crippen molar-refractivity contribution in [2.75, 3.05) is 0 Å². The summed E-state index contributed by atoms with van der Waals surface area (Å²) in [6, 6.07) is 2.79. The molecule has 0 bridgehead atoms. The van der Waals surface area contributed by atoms with Gasteiger partial charge in [-0.15, -0.1) is 0 Å². The van der Waals surface area contributed by atoms with Crippen LogP contribution in [0.5, 0.6) is 0 Å². The van der Waals surface area contributed by atoms with Crippen LogP contribution in [0.25, 0.3) is 0 Å². The lowest BCUT2D eigenvalue weighted by Crippen LogP contribution is -2.23. The van der Waals surface area contributed by atoms with E-state index in [1.165, 1.54) is 24.5 Å². The fourth-order valence-electron chi connectivity index (χ4n) is 1.23. The topological polar surface area (TPSA) is 105 Å². The van der Waals surface area contributed by atoms with Crippen LogP contribution in [0, 0.1) is 0 Å². The van der Waals surface area contributed by atoms with Gasteiger partial charge in [-0.25, -0.2) is 4.79 Å². The minimum absolute atomic E-state index is 0.129. The molecule has 0 aliphatic rings. The molecular weight excluding hydrogens is 256 g/mol. The van der Waals surface area contributed by atoms with Crippen LogP contribution >= 0.6 is 11.7 Å². The molecule has 2 aromatic heterocycles. The van der Waals surface area contributed by atoms with Gasteiger partial charge in [0.05, 0.1) is 35.7 Å². The molecule has 1 amide bonds. The summed E-state index contributed by atoms with van der Waals surface area (Å²) in [4.78, 5) is 26.3.